The first-order valence-electron chi connectivity index (χ1n) is 7.68. The normalized spacial score (nSPS) is 22.1. The zero-order valence-electron chi connectivity index (χ0n) is 12.9. The van der Waals surface area contributed by atoms with Gasteiger partial charge in [-0.3, -0.25) is 4.79 Å². The second-order valence-electron chi connectivity index (χ2n) is 6.21. The first kappa shape index (κ1) is 16.8. The number of nitrogens with zero attached hydrogens (tertiary/aromatic N) is 1. The molecule has 1 fully saturated rings. The Kier molecular flexibility index (Phi) is 6.82. The summed E-state index contributed by atoms with van der Waals surface area (Å²) >= 11 is 0. The van der Waals surface area contributed by atoms with Crippen molar-refractivity contribution in [1.82, 2.24) is 10.2 Å². The largest absolute Gasteiger partial charge is 0.481 e. The fraction of sp³-hybridized carbons (Fsp3) is 0.867. The molecule has 0 radical (unpaired) electrons. The number of likely N-dealkylation sites (tertiary alicyclic amines) is 1. The summed E-state index contributed by atoms with van der Waals surface area (Å²) in [5, 5.41) is 11.8. The van der Waals surface area contributed by atoms with Crippen LogP contribution in [0.25, 0.3) is 0 Å². The molecule has 1 aliphatic rings. The monoisotopic (exact) mass is 284 g/mol. The molecular weight excluding hydrogens is 256 g/mol. The second kappa shape index (κ2) is 8.12. The van der Waals surface area contributed by atoms with Gasteiger partial charge in [-0.15, -0.1) is 0 Å². The highest BCUT2D eigenvalue weighted by molar-refractivity contribution is 5.74. The molecule has 116 valence electrons. The Labute approximate surface area is 121 Å². The summed E-state index contributed by atoms with van der Waals surface area (Å²) in [7, 11) is 0. The first-order valence-corrected chi connectivity index (χ1v) is 7.68. The Balaban J connectivity index is 2.22. The highest BCUT2D eigenvalue weighted by Gasteiger charge is 2.21. The number of carbonyl (C=O) groups is 2. The van der Waals surface area contributed by atoms with E-state index in [-0.39, 0.29) is 18.0 Å². The number of hydrogen-bond acceptors (Lipinski definition) is 2. The second-order valence-corrected chi connectivity index (χ2v) is 6.21. The van der Waals surface area contributed by atoms with E-state index in [0.717, 1.165) is 32.4 Å². The zero-order valence-corrected chi connectivity index (χ0v) is 12.9. The van der Waals surface area contributed by atoms with Crippen molar-refractivity contribution in [2.45, 2.75) is 58.9 Å². The molecule has 0 aromatic heterocycles. The Bertz CT molecular complexity index is 333. The van der Waals surface area contributed by atoms with Gasteiger partial charge in [-0.2, -0.15) is 0 Å². The van der Waals surface area contributed by atoms with Crippen molar-refractivity contribution in [3.05, 3.63) is 0 Å². The highest BCUT2D eigenvalue weighted by Crippen LogP contribution is 2.16. The lowest BCUT2D eigenvalue weighted by Crippen LogP contribution is -2.47. The number of carbonyl (C=O) groups excluding carboxylic acids is 1. The molecule has 0 spiro atoms. The summed E-state index contributed by atoms with van der Waals surface area (Å²) in [6.07, 6.45) is 4.60. The average Bonchev–Trinajstić information content (AvgIpc) is 2.38. The third-order valence-electron chi connectivity index (χ3n) is 4.01. The third kappa shape index (κ3) is 5.80. The molecule has 2 N–H and O–H groups in total. The van der Waals surface area contributed by atoms with Crippen molar-refractivity contribution >= 4 is 12.0 Å². The maximum Gasteiger partial charge on any atom is 0.317 e. The van der Waals surface area contributed by atoms with E-state index in [4.69, 9.17) is 5.11 Å². The molecular formula is C15H28N2O3. The smallest absolute Gasteiger partial charge is 0.317 e. The standard InChI is InChI=1S/C15H28N2O3/c1-11-6-5-9-17(10-11)15(20)16-13(3)8-4-7-12(2)14(18)19/h11-13H,4-10H2,1-3H3,(H,16,20)(H,18,19). The van der Waals surface area contributed by atoms with Gasteiger partial charge < -0.3 is 15.3 Å². The Morgan fingerprint density at radius 1 is 1.35 bits per heavy atom. The lowest BCUT2D eigenvalue weighted by atomic mass is 10.0. The molecule has 0 bridgehead atoms. The van der Waals surface area contributed by atoms with E-state index in [1.807, 2.05) is 11.8 Å². The number of carboxylic acids is 1. The van der Waals surface area contributed by atoms with Crippen molar-refractivity contribution in [2.75, 3.05) is 13.1 Å². The maximum absolute atomic E-state index is 12.1. The van der Waals surface area contributed by atoms with Crippen LogP contribution in [0.4, 0.5) is 4.79 Å². The molecule has 3 atom stereocenters. The maximum atomic E-state index is 12.1. The number of amides is 2. The van der Waals surface area contributed by atoms with E-state index in [9.17, 15) is 9.59 Å². The predicted molar refractivity (Wildman–Crippen MR) is 78.6 cm³/mol. The molecule has 1 rings (SSSR count). The van der Waals surface area contributed by atoms with Crippen LogP contribution >= 0.6 is 0 Å². The van der Waals surface area contributed by atoms with Crippen LogP contribution in [0.5, 0.6) is 0 Å². The predicted octanol–water partition coefficient (Wildman–Crippen LogP) is 2.71. The topological polar surface area (TPSA) is 69.6 Å². The minimum Gasteiger partial charge on any atom is -0.481 e. The lowest BCUT2D eigenvalue weighted by Gasteiger charge is -2.32. The summed E-state index contributed by atoms with van der Waals surface area (Å²) in [5.41, 5.74) is 0. The van der Waals surface area contributed by atoms with Gasteiger partial charge in [-0.25, -0.2) is 4.79 Å². The van der Waals surface area contributed by atoms with Crippen molar-refractivity contribution in [1.29, 1.82) is 0 Å². The van der Waals surface area contributed by atoms with E-state index in [1.54, 1.807) is 6.92 Å². The van der Waals surface area contributed by atoms with Crippen molar-refractivity contribution in [2.24, 2.45) is 11.8 Å². The number of hydrogen-bond donors (Lipinski definition) is 2. The number of piperidine rings is 1. The SMILES string of the molecule is CC1CCCN(C(=O)NC(C)CCCC(C)C(=O)O)C1. The summed E-state index contributed by atoms with van der Waals surface area (Å²) in [5.74, 6) is -0.467. The lowest BCUT2D eigenvalue weighted by molar-refractivity contribution is -0.141. The number of carboxylic acid groups (broad SMARTS) is 1. The Morgan fingerprint density at radius 3 is 2.65 bits per heavy atom. The van der Waals surface area contributed by atoms with Crippen LogP contribution in [0.3, 0.4) is 0 Å². The van der Waals surface area contributed by atoms with Crippen molar-refractivity contribution in [3.63, 3.8) is 0 Å². The fourth-order valence-electron chi connectivity index (χ4n) is 2.60. The molecule has 20 heavy (non-hydrogen) atoms. The molecule has 1 heterocycles. The van der Waals surface area contributed by atoms with Crippen LogP contribution in [0, 0.1) is 11.8 Å². The van der Waals surface area contributed by atoms with Crippen LogP contribution in [-0.2, 0) is 4.79 Å². The van der Waals surface area contributed by atoms with Gasteiger partial charge in [0.05, 0.1) is 5.92 Å². The number of urea groups is 1. The van der Waals surface area contributed by atoms with E-state index < -0.39 is 5.97 Å². The van der Waals surface area contributed by atoms with E-state index in [0.29, 0.717) is 12.3 Å². The summed E-state index contributed by atoms with van der Waals surface area (Å²) in [6, 6.07) is 0.121. The average molecular weight is 284 g/mol. The van der Waals surface area contributed by atoms with E-state index in [1.165, 1.54) is 6.42 Å². The molecule has 0 aromatic rings. The van der Waals surface area contributed by atoms with Gasteiger partial charge in [-0.05, 0) is 38.5 Å². The van der Waals surface area contributed by atoms with Gasteiger partial charge in [0.1, 0.15) is 0 Å². The van der Waals surface area contributed by atoms with Gasteiger partial charge in [0, 0.05) is 19.1 Å². The Hall–Kier alpha value is -1.26. The molecule has 0 aromatic carbocycles. The van der Waals surface area contributed by atoms with Crippen LogP contribution in [0.15, 0.2) is 0 Å². The van der Waals surface area contributed by atoms with E-state index >= 15 is 0 Å². The molecule has 0 saturated carbocycles. The van der Waals surface area contributed by atoms with Gasteiger partial charge in [0.15, 0.2) is 0 Å². The van der Waals surface area contributed by atoms with Gasteiger partial charge in [0.2, 0.25) is 0 Å². The number of rotatable bonds is 6. The molecule has 0 aliphatic carbocycles. The summed E-state index contributed by atoms with van der Waals surface area (Å²) in [4.78, 5) is 24.7. The molecule has 1 aliphatic heterocycles. The van der Waals surface area contributed by atoms with Gasteiger partial charge >= 0.3 is 12.0 Å². The Morgan fingerprint density at radius 2 is 2.05 bits per heavy atom. The number of nitrogens with one attached hydrogen (secondary N) is 1. The quantitative estimate of drug-likeness (QED) is 0.788. The third-order valence-corrected chi connectivity index (χ3v) is 4.01. The van der Waals surface area contributed by atoms with Crippen LogP contribution in [-0.4, -0.2) is 41.1 Å². The molecule has 1 saturated heterocycles. The van der Waals surface area contributed by atoms with Gasteiger partial charge in [0.25, 0.3) is 0 Å². The molecule has 3 unspecified atom stereocenters. The van der Waals surface area contributed by atoms with Crippen LogP contribution < -0.4 is 5.32 Å². The summed E-state index contributed by atoms with van der Waals surface area (Å²) in [6.45, 7) is 7.57. The first-order chi connectivity index (χ1) is 9.40. The van der Waals surface area contributed by atoms with Crippen molar-refractivity contribution < 1.29 is 14.7 Å². The minimum absolute atomic E-state index is 0.0235. The minimum atomic E-state index is -0.746. The van der Waals surface area contributed by atoms with Crippen LogP contribution in [0.2, 0.25) is 0 Å². The number of aliphatic carboxylic acids is 1. The van der Waals surface area contributed by atoms with Crippen molar-refractivity contribution in [3.8, 4) is 0 Å². The van der Waals surface area contributed by atoms with Crippen LogP contribution in [0.1, 0.15) is 52.9 Å². The molecule has 5 heteroatoms. The fourth-order valence-corrected chi connectivity index (χ4v) is 2.60. The zero-order chi connectivity index (χ0) is 15.1. The van der Waals surface area contributed by atoms with Gasteiger partial charge in [-0.1, -0.05) is 20.3 Å². The summed E-state index contributed by atoms with van der Waals surface area (Å²) < 4.78 is 0. The molecule has 2 amide bonds. The molecule has 5 nitrogen and oxygen atoms in total. The van der Waals surface area contributed by atoms with E-state index in [2.05, 4.69) is 12.2 Å². The highest BCUT2D eigenvalue weighted by atomic mass is 16.4.